The number of carbonyl (C=O) groups is 4. The van der Waals surface area contributed by atoms with E-state index in [1.807, 2.05) is 6.92 Å². The fourth-order valence-electron chi connectivity index (χ4n) is 2.99. The number of amides is 5. The Morgan fingerprint density at radius 1 is 1.06 bits per heavy atom. The molecule has 1 aliphatic heterocycles. The van der Waals surface area contributed by atoms with Gasteiger partial charge >= 0.3 is 6.03 Å². The number of benzene rings is 2. The van der Waals surface area contributed by atoms with Crippen LogP contribution in [0.15, 0.2) is 48.5 Å². The number of hydrogen-bond donors (Lipinski definition) is 3. The number of nitrogens with zero attached hydrogens (tertiary/aromatic N) is 1. The van der Waals surface area contributed by atoms with Gasteiger partial charge in [-0.15, -0.1) is 0 Å². The van der Waals surface area contributed by atoms with Gasteiger partial charge in [0.1, 0.15) is 11.5 Å². The summed E-state index contributed by atoms with van der Waals surface area (Å²) >= 11 is 0. The lowest BCUT2D eigenvalue weighted by Gasteiger charge is -2.17. The lowest BCUT2D eigenvalue weighted by Crippen LogP contribution is -2.47. The lowest BCUT2D eigenvalue weighted by atomic mass is 10.1. The van der Waals surface area contributed by atoms with E-state index in [1.165, 1.54) is 6.07 Å². The van der Waals surface area contributed by atoms with Gasteiger partial charge in [0.15, 0.2) is 6.10 Å². The van der Waals surface area contributed by atoms with Crippen LogP contribution >= 0.6 is 0 Å². The Morgan fingerprint density at radius 2 is 1.75 bits per heavy atom. The van der Waals surface area contributed by atoms with Crippen LogP contribution in [-0.2, 0) is 16.1 Å². The van der Waals surface area contributed by atoms with Crippen molar-refractivity contribution in [2.75, 3.05) is 13.2 Å². The van der Waals surface area contributed by atoms with Crippen molar-refractivity contribution in [3.63, 3.8) is 0 Å². The standard InChI is InChI=1S/C22H24N4O6/c1-3-31-16-8-10-17(11-9-16)32-14(2)20(28)24-25-21(29)18-7-5-4-6-15(18)13-26-19(27)12-23-22(26)30/h4-11,14H,3,12-13H2,1-2H3,(H,23,30)(H,24,28)(H,25,29). The predicted molar refractivity (Wildman–Crippen MR) is 114 cm³/mol. The molecule has 1 fully saturated rings. The van der Waals surface area contributed by atoms with E-state index in [2.05, 4.69) is 16.2 Å². The first-order valence-corrected chi connectivity index (χ1v) is 10.0. The van der Waals surface area contributed by atoms with Gasteiger partial charge in [0.05, 0.1) is 19.7 Å². The summed E-state index contributed by atoms with van der Waals surface area (Å²) in [5, 5.41) is 2.43. The summed E-state index contributed by atoms with van der Waals surface area (Å²) in [6, 6.07) is 12.8. The third-order valence-electron chi connectivity index (χ3n) is 4.64. The van der Waals surface area contributed by atoms with Gasteiger partial charge in [-0.2, -0.15) is 0 Å². The van der Waals surface area contributed by atoms with Crippen molar-refractivity contribution in [2.24, 2.45) is 0 Å². The van der Waals surface area contributed by atoms with Crippen LogP contribution < -0.4 is 25.6 Å². The Balaban J connectivity index is 1.56. The van der Waals surface area contributed by atoms with Crippen molar-refractivity contribution in [1.29, 1.82) is 0 Å². The molecule has 1 atom stereocenters. The second-order valence-corrected chi connectivity index (χ2v) is 6.90. The number of nitrogens with one attached hydrogen (secondary N) is 3. The second kappa shape index (κ2) is 10.3. The number of carbonyl (C=O) groups excluding carboxylic acids is 4. The van der Waals surface area contributed by atoms with Crippen LogP contribution in [0, 0.1) is 0 Å². The molecule has 2 aromatic rings. The minimum absolute atomic E-state index is 0.0561. The van der Waals surface area contributed by atoms with Crippen molar-refractivity contribution in [3.8, 4) is 11.5 Å². The summed E-state index contributed by atoms with van der Waals surface area (Å²) in [5.74, 6) is -0.357. The Kier molecular flexibility index (Phi) is 7.27. The summed E-state index contributed by atoms with van der Waals surface area (Å²) in [7, 11) is 0. The monoisotopic (exact) mass is 440 g/mol. The van der Waals surface area contributed by atoms with Crippen LogP contribution in [-0.4, -0.2) is 47.9 Å². The normalized spacial score (nSPS) is 13.9. The number of urea groups is 1. The summed E-state index contributed by atoms with van der Waals surface area (Å²) in [6.45, 7) is 3.84. The van der Waals surface area contributed by atoms with Crippen molar-refractivity contribution in [3.05, 3.63) is 59.7 Å². The maximum atomic E-state index is 12.6. The van der Waals surface area contributed by atoms with E-state index in [1.54, 1.807) is 49.4 Å². The molecule has 0 aliphatic carbocycles. The maximum absolute atomic E-state index is 12.6. The Morgan fingerprint density at radius 3 is 2.41 bits per heavy atom. The van der Waals surface area contributed by atoms with Gasteiger partial charge in [0.25, 0.3) is 11.8 Å². The SMILES string of the molecule is CCOc1ccc(OC(C)C(=O)NNC(=O)c2ccccc2CN2C(=O)CNC2=O)cc1. The van der Waals surface area contributed by atoms with Gasteiger partial charge in [0, 0.05) is 5.56 Å². The van der Waals surface area contributed by atoms with E-state index in [0.717, 1.165) is 4.90 Å². The zero-order chi connectivity index (χ0) is 23.1. The summed E-state index contributed by atoms with van der Waals surface area (Å²) < 4.78 is 10.9. The molecule has 32 heavy (non-hydrogen) atoms. The molecule has 0 saturated carbocycles. The molecular formula is C22H24N4O6. The summed E-state index contributed by atoms with van der Waals surface area (Å²) in [5.41, 5.74) is 5.34. The van der Waals surface area contributed by atoms with Gasteiger partial charge < -0.3 is 14.8 Å². The Bertz CT molecular complexity index is 992. The molecule has 0 radical (unpaired) electrons. The maximum Gasteiger partial charge on any atom is 0.324 e. The minimum Gasteiger partial charge on any atom is -0.494 e. The average molecular weight is 440 g/mol. The molecule has 1 unspecified atom stereocenters. The van der Waals surface area contributed by atoms with Crippen LogP contribution in [0.4, 0.5) is 4.79 Å². The fraction of sp³-hybridized carbons (Fsp3) is 0.273. The van der Waals surface area contributed by atoms with Crippen molar-refractivity contribution in [1.82, 2.24) is 21.1 Å². The van der Waals surface area contributed by atoms with Crippen LogP contribution in [0.25, 0.3) is 0 Å². The predicted octanol–water partition coefficient (Wildman–Crippen LogP) is 1.37. The minimum atomic E-state index is -0.880. The quantitative estimate of drug-likeness (QED) is 0.420. The number of hydrogen-bond acceptors (Lipinski definition) is 6. The molecule has 10 nitrogen and oxygen atoms in total. The third-order valence-corrected chi connectivity index (χ3v) is 4.64. The highest BCUT2D eigenvalue weighted by atomic mass is 16.5. The van der Waals surface area contributed by atoms with Gasteiger partial charge in [-0.1, -0.05) is 18.2 Å². The first kappa shape index (κ1) is 22.6. The van der Waals surface area contributed by atoms with Gasteiger partial charge in [-0.3, -0.25) is 30.1 Å². The van der Waals surface area contributed by atoms with Gasteiger partial charge in [-0.05, 0) is 49.7 Å². The van der Waals surface area contributed by atoms with E-state index in [0.29, 0.717) is 23.7 Å². The first-order valence-electron chi connectivity index (χ1n) is 10.0. The van der Waals surface area contributed by atoms with Gasteiger partial charge in [-0.25, -0.2) is 4.79 Å². The number of imide groups is 1. The van der Waals surface area contributed by atoms with Crippen LogP contribution in [0.3, 0.4) is 0 Å². The molecule has 0 aromatic heterocycles. The molecule has 0 spiro atoms. The molecular weight excluding hydrogens is 416 g/mol. The highest BCUT2D eigenvalue weighted by molar-refractivity contribution is 6.02. The fourth-order valence-corrected chi connectivity index (χ4v) is 2.99. The molecule has 168 valence electrons. The van der Waals surface area contributed by atoms with E-state index in [-0.39, 0.29) is 24.6 Å². The topological polar surface area (TPSA) is 126 Å². The van der Waals surface area contributed by atoms with Gasteiger partial charge in [0.2, 0.25) is 5.91 Å². The molecule has 10 heteroatoms. The average Bonchev–Trinajstić information content (AvgIpc) is 3.11. The number of rotatable bonds is 8. The zero-order valence-electron chi connectivity index (χ0n) is 17.7. The Hall–Kier alpha value is -4.08. The molecule has 1 aliphatic rings. The van der Waals surface area contributed by atoms with Crippen LogP contribution in [0.1, 0.15) is 29.8 Å². The molecule has 3 rings (SSSR count). The largest absolute Gasteiger partial charge is 0.494 e. The van der Waals surface area contributed by atoms with E-state index >= 15 is 0 Å². The molecule has 5 amide bonds. The van der Waals surface area contributed by atoms with E-state index in [4.69, 9.17) is 9.47 Å². The number of ether oxygens (including phenoxy) is 2. The van der Waals surface area contributed by atoms with Crippen LogP contribution in [0.2, 0.25) is 0 Å². The smallest absolute Gasteiger partial charge is 0.324 e. The van der Waals surface area contributed by atoms with E-state index < -0.39 is 23.9 Å². The van der Waals surface area contributed by atoms with Crippen molar-refractivity contribution >= 4 is 23.8 Å². The molecule has 3 N–H and O–H groups in total. The summed E-state index contributed by atoms with van der Waals surface area (Å²) in [4.78, 5) is 49.6. The molecule has 1 heterocycles. The zero-order valence-corrected chi connectivity index (χ0v) is 17.7. The van der Waals surface area contributed by atoms with Crippen molar-refractivity contribution < 1.29 is 28.7 Å². The Labute approximate surface area is 184 Å². The third kappa shape index (κ3) is 5.54. The highest BCUT2D eigenvalue weighted by Crippen LogP contribution is 2.18. The first-order chi connectivity index (χ1) is 15.4. The molecule has 2 aromatic carbocycles. The molecule has 0 bridgehead atoms. The summed E-state index contributed by atoms with van der Waals surface area (Å²) in [6.07, 6.45) is -0.880. The lowest BCUT2D eigenvalue weighted by molar-refractivity contribution is -0.128. The van der Waals surface area contributed by atoms with Crippen molar-refractivity contribution in [2.45, 2.75) is 26.5 Å². The second-order valence-electron chi connectivity index (χ2n) is 6.90. The van der Waals surface area contributed by atoms with E-state index in [9.17, 15) is 19.2 Å². The molecule has 1 saturated heterocycles. The highest BCUT2D eigenvalue weighted by Gasteiger charge is 2.29. The van der Waals surface area contributed by atoms with Crippen LogP contribution in [0.5, 0.6) is 11.5 Å². The number of hydrazine groups is 1.